The van der Waals surface area contributed by atoms with Gasteiger partial charge in [0.25, 0.3) is 0 Å². The van der Waals surface area contributed by atoms with Crippen molar-refractivity contribution in [1.82, 2.24) is 0 Å². The van der Waals surface area contributed by atoms with Crippen LogP contribution < -0.4 is 10.5 Å². The molecule has 1 aromatic carbocycles. The molecule has 0 atom stereocenters. The summed E-state index contributed by atoms with van der Waals surface area (Å²) in [7, 11) is 0. The van der Waals surface area contributed by atoms with Gasteiger partial charge in [-0.2, -0.15) is 13.2 Å². The number of hydrogen-bond acceptors (Lipinski definition) is 3. The molecule has 0 saturated heterocycles. The fourth-order valence-corrected chi connectivity index (χ4v) is 1.10. The Bertz CT molecular complexity index is 448. The van der Waals surface area contributed by atoms with Crippen LogP contribution in [0, 0.1) is 5.41 Å². The number of rotatable bonds is 2. The van der Waals surface area contributed by atoms with Gasteiger partial charge in [-0.3, -0.25) is 5.41 Å². The molecule has 6 heteroatoms. The van der Waals surface area contributed by atoms with E-state index in [4.69, 9.17) is 15.9 Å². The highest BCUT2D eigenvalue weighted by Gasteiger charge is 2.30. The van der Waals surface area contributed by atoms with Crippen molar-refractivity contribution >= 4 is 5.90 Å². The molecular formula is C11H11F3N2O. The Hall–Kier alpha value is -1.98. The maximum absolute atomic E-state index is 12.4. The van der Waals surface area contributed by atoms with Crippen molar-refractivity contribution in [2.24, 2.45) is 5.73 Å². The number of alkyl halides is 3. The zero-order chi connectivity index (χ0) is 13.1. The van der Waals surface area contributed by atoms with E-state index in [0.29, 0.717) is 5.70 Å². The normalized spacial score (nSPS) is 12.4. The van der Waals surface area contributed by atoms with Crippen molar-refractivity contribution in [2.75, 3.05) is 0 Å². The smallest absolute Gasteiger partial charge is 0.416 e. The fourth-order valence-electron chi connectivity index (χ4n) is 1.10. The van der Waals surface area contributed by atoms with E-state index in [0.717, 1.165) is 12.1 Å². The van der Waals surface area contributed by atoms with Crippen molar-refractivity contribution in [1.29, 1.82) is 5.41 Å². The first-order valence-electron chi connectivity index (χ1n) is 4.66. The lowest BCUT2D eigenvalue weighted by Gasteiger charge is -2.09. The first-order chi connectivity index (χ1) is 7.79. The van der Waals surface area contributed by atoms with Gasteiger partial charge >= 0.3 is 6.18 Å². The summed E-state index contributed by atoms with van der Waals surface area (Å²) in [6, 6.07) is 4.31. The summed E-state index contributed by atoms with van der Waals surface area (Å²) in [6.07, 6.45) is -3.22. The van der Waals surface area contributed by atoms with E-state index in [2.05, 4.69) is 0 Å². The molecule has 0 bridgehead atoms. The summed E-state index contributed by atoms with van der Waals surface area (Å²) in [5, 5.41) is 7.32. The number of allylic oxidation sites excluding steroid dienone is 1. The molecule has 0 heterocycles. The van der Waals surface area contributed by atoms with Crippen molar-refractivity contribution in [2.45, 2.75) is 13.1 Å². The highest BCUT2D eigenvalue weighted by molar-refractivity contribution is 5.87. The first-order valence-corrected chi connectivity index (χ1v) is 4.66. The van der Waals surface area contributed by atoms with Gasteiger partial charge in [-0.15, -0.1) is 0 Å². The Morgan fingerprint density at radius 3 is 2.59 bits per heavy atom. The lowest BCUT2D eigenvalue weighted by Crippen LogP contribution is -2.08. The number of halogens is 3. The molecule has 0 fully saturated rings. The summed E-state index contributed by atoms with van der Waals surface area (Å²) < 4.78 is 42.0. The number of nitrogens with two attached hydrogens (primary N) is 1. The number of ether oxygens (including phenoxy) is 1. The maximum Gasteiger partial charge on any atom is 0.416 e. The molecule has 3 N–H and O–H groups in total. The van der Waals surface area contributed by atoms with Gasteiger partial charge in [-0.05, 0) is 25.1 Å². The fraction of sp³-hybridized carbons (Fsp3) is 0.182. The van der Waals surface area contributed by atoms with Crippen molar-refractivity contribution < 1.29 is 17.9 Å². The van der Waals surface area contributed by atoms with Gasteiger partial charge in [0, 0.05) is 11.8 Å². The molecule has 0 aliphatic heterocycles. The van der Waals surface area contributed by atoms with Crippen molar-refractivity contribution in [3.8, 4) is 5.75 Å². The molecule has 0 spiro atoms. The topological polar surface area (TPSA) is 59.1 Å². The Balaban J connectivity index is 2.87. The molecule has 0 radical (unpaired) electrons. The summed E-state index contributed by atoms with van der Waals surface area (Å²) in [6.45, 7) is 1.55. The SMILES string of the molecule is C/C(N)=C/C(=N)Oc1cccc(C(F)(F)F)c1. The quantitative estimate of drug-likeness (QED) is 0.620. The second kappa shape index (κ2) is 4.90. The van der Waals surface area contributed by atoms with Gasteiger partial charge in [0.15, 0.2) is 0 Å². The van der Waals surface area contributed by atoms with E-state index >= 15 is 0 Å². The van der Waals surface area contributed by atoms with Crippen LogP contribution in [0.2, 0.25) is 0 Å². The number of hydrogen-bond donors (Lipinski definition) is 2. The summed E-state index contributed by atoms with van der Waals surface area (Å²) in [4.78, 5) is 0. The Morgan fingerprint density at radius 1 is 1.41 bits per heavy atom. The average Bonchev–Trinajstić information content (AvgIpc) is 2.15. The van der Waals surface area contributed by atoms with Crippen LogP contribution >= 0.6 is 0 Å². The minimum absolute atomic E-state index is 0.0534. The third kappa shape index (κ3) is 4.18. The predicted octanol–water partition coefficient (Wildman–Crippen LogP) is 2.92. The van der Waals surface area contributed by atoms with Crippen LogP contribution in [0.5, 0.6) is 5.75 Å². The second-order valence-corrected chi connectivity index (χ2v) is 3.38. The van der Waals surface area contributed by atoms with Crippen LogP contribution in [-0.4, -0.2) is 5.90 Å². The minimum atomic E-state index is -4.43. The van der Waals surface area contributed by atoms with Crippen LogP contribution in [0.3, 0.4) is 0 Å². The molecule has 92 valence electrons. The van der Waals surface area contributed by atoms with Gasteiger partial charge in [0.2, 0.25) is 5.90 Å². The van der Waals surface area contributed by atoms with Gasteiger partial charge < -0.3 is 10.5 Å². The van der Waals surface area contributed by atoms with E-state index in [1.165, 1.54) is 18.2 Å². The lowest BCUT2D eigenvalue weighted by molar-refractivity contribution is -0.137. The minimum Gasteiger partial charge on any atom is -0.440 e. The van der Waals surface area contributed by atoms with Gasteiger partial charge in [-0.25, -0.2) is 0 Å². The largest absolute Gasteiger partial charge is 0.440 e. The number of nitrogens with one attached hydrogen (secondary N) is 1. The molecule has 1 rings (SSSR count). The third-order valence-electron chi connectivity index (χ3n) is 1.75. The maximum atomic E-state index is 12.4. The van der Waals surface area contributed by atoms with Crippen LogP contribution in [0.4, 0.5) is 13.2 Å². The summed E-state index contributed by atoms with van der Waals surface area (Å²) in [5.74, 6) is -0.369. The Labute approximate surface area is 96.2 Å². The molecule has 3 nitrogen and oxygen atoms in total. The zero-order valence-corrected chi connectivity index (χ0v) is 9.01. The van der Waals surface area contributed by atoms with Crippen LogP contribution in [0.25, 0.3) is 0 Å². The monoisotopic (exact) mass is 244 g/mol. The summed E-state index contributed by atoms with van der Waals surface area (Å²) >= 11 is 0. The van der Waals surface area contributed by atoms with E-state index < -0.39 is 11.7 Å². The summed E-state index contributed by atoms with van der Waals surface area (Å²) in [5.41, 5.74) is 4.82. The second-order valence-electron chi connectivity index (χ2n) is 3.38. The average molecular weight is 244 g/mol. The van der Waals surface area contributed by atoms with Crippen molar-refractivity contribution in [3.05, 3.63) is 41.6 Å². The zero-order valence-electron chi connectivity index (χ0n) is 9.01. The predicted molar refractivity (Wildman–Crippen MR) is 57.7 cm³/mol. The van der Waals surface area contributed by atoms with Gasteiger partial charge in [0.05, 0.1) is 5.56 Å². The highest BCUT2D eigenvalue weighted by atomic mass is 19.4. The molecule has 0 amide bonds. The molecule has 0 unspecified atom stereocenters. The molecule has 0 aliphatic carbocycles. The number of benzene rings is 1. The molecule has 0 aliphatic rings. The molecule has 0 aromatic heterocycles. The Morgan fingerprint density at radius 2 is 2.06 bits per heavy atom. The molecule has 17 heavy (non-hydrogen) atoms. The molecule has 0 saturated carbocycles. The van der Waals surface area contributed by atoms with E-state index in [9.17, 15) is 13.2 Å². The van der Waals surface area contributed by atoms with Crippen molar-refractivity contribution in [3.63, 3.8) is 0 Å². The highest BCUT2D eigenvalue weighted by Crippen LogP contribution is 2.31. The lowest BCUT2D eigenvalue weighted by atomic mass is 10.2. The van der Waals surface area contributed by atoms with Crippen LogP contribution in [0.1, 0.15) is 12.5 Å². The first kappa shape index (κ1) is 13.1. The standard InChI is InChI=1S/C11H11F3N2O/c1-7(15)5-10(16)17-9-4-2-3-8(6-9)11(12,13)14/h2-6,16H,15H2,1H3/b7-5-,16-10?. The van der Waals surface area contributed by atoms with E-state index in [-0.39, 0.29) is 11.6 Å². The van der Waals surface area contributed by atoms with Gasteiger partial charge in [0.1, 0.15) is 5.75 Å². The molecular weight excluding hydrogens is 233 g/mol. The Kier molecular flexibility index (Phi) is 3.77. The molecule has 1 aromatic rings. The van der Waals surface area contributed by atoms with E-state index in [1.54, 1.807) is 6.92 Å². The van der Waals surface area contributed by atoms with Crippen LogP contribution in [-0.2, 0) is 6.18 Å². The van der Waals surface area contributed by atoms with Crippen LogP contribution in [0.15, 0.2) is 36.0 Å². The van der Waals surface area contributed by atoms with E-state index in [1.807, 2.05) is 0 Å². The third-order valence-corrected chi connectivity index (χ3v) is 1.75. The van der Waals surface area contributed by atoms with Gasteiger partial charge in [-0.1, -0.05) is 6.07 Å².